The number of hydrogen-bond donors (Lipinski definition) is 1. The summed E-state index contributed by atoms with van der Waals surface area (Å²) in [7, 11) is 1.38. The largest absolute Gasteiger partial charge is 0.472 e. The van der Waals surface area contributed by atoms with Gasteiger partial charge in [0, 0.05) is 12.8 Å². The first-order valence-corrected chi connectivity index (χ1v) is 24.4. The van der Waals surface area contributed by atoms with E-state index in [2.05, 4.69) is 135 Å². The fraction of sp³-hybridized carbons (Fsp3) is 0.538. The van der Waals surface area contributed by atoms with Crippen LogP contribution in [0, 0.1) is 0 Å². The zero-order chi connectivity index (χ0) is 45.7. The molecule has 0 saturated heterocycles. The van der Waals surface area contributed by atoms with E-state index in [0.29, 0.717) is 23.9 Å². The molecule has 0 aliphatic rings. The molecule has 0 spiro atoms. The van der Waals surface area contributed by atoms with E-state index >= 15 is 0 Å². The SMILES string of the molecule is CC/C=C\C/C=C\C/C=C\C/C=C\C/C=C\C/C=C\CCC(=O)OC(COC(=O)CCCCC/C=C\C/C=C\C/C=C\C/C=C\C/C=C\CC)COP(=O)(O)OCC[N+](C)(C)C. The number of carbonyl (C=O) groups is 2. The predicted octanol–water partition coefficient (Wildman–Crippen LogP) is 13.5. The summed E-state index contributed by atoms with van der Waals surface area (Å²) in [6.07, 6.45) is 60.9. The van der Waals surface area contributed by atoms with Crippen LogP contribution in [0.1, 0.15) is 129 Å². The average Bonchev–Trinajstić information content (AvgIpc) is 3.23. The van der Waals surface area contributed by atoms with E-state index in [1.54, 1.807) is 0 Å². The second-order valence-corrected chi connectivity index (χ2v) is 17.1. The van der Waals surface area contributed by atoms with Crippen molar-refractivity contribution in [2.24, 2.45) is 0 Å². The molecule has 2 atom stereocenters. The minimum absolute atomic E-state index is 0.00373. The summed E-state index contributed by atoms with van der Waals surface area (Å²) >= 11 is 0. The summed E-state index contributed by atoms with van der Waals surface area (Å²) in [5.74, 6) is -0.951. The monoisotopic (exact) mass is 881 g/mol. The number of likely N-dealkylation sites (N-methyl/N-ethyl adjacent to an activating group) is 1. The van der Waals surface area contributed by atoms with Crippen molar-refractivity contribution in [1.82, 2.24) is 0 Å². The third-order valence-corrected chi connectivity index (χ3v) is 9.67. The highest BCUT2D eigenvalue weighted by Gasteiger charge is 2.27. The summed E-state index contributed by atoms with van der Waals surface area (Å²) in [4.78, 5) is 35.4. The summed E-state index contributed by atoms with van der Waals surface area (Å²) in [5, 5.41) is 0. The van der Waals surface area contributed by atoms with Gasteiger partial charge in [0.15, 0.2) is 6.10 Å². The highest BCUT2D eigenvalue weighted by atomic mass is 31.2. The van der Waals surface area contributed by atoms with Crippen LogP contribution in [0.15, 0.2) is 134 Å². The molecule has 0 bridgehead atoms. The van der Waals surface area contributed by atoms with E-state index in [0.717, 1.165) is 89.9 Å². The van der Waals surface area contributed by atoms with Gasteiger partial charge in [-0.15, -0.1) is 0 Å². The van der Waals surface area contributed by atoms with Gasteiger partial charge < -0.3 is 18.9 Å². The Kier molecular flexibility index (Phi) is 39.8. The number of nitrogens with zero attached hydrogens (tertiary/aromatic N) is 1. The molecule has 10 heteroatoms. The molecule has 0 amide bonds. The van der Waals surface area contributed by atoms with Crippen molar-refractivity contribution in [3.8, 4) is 0 Å². The highest BCUT2D eigenvalue weighted by molar-refractivity contribution is 7.47. The quantitative estimate of drug-likeness (QED) is 0.0214. The van der Waals surface area contributed by atoms with Crippen molar-refractivity contribution < 1.29 is 42.1 Å². The van der Waals surface area contributed by atoms with Gasteiger partial charge in [-0.2, -0.15) is 0 Å². The Morgan fingerprint density at radius 3 is 1.32 bits per heavy atom. The number of esters is 2. The molecule has 0 rings (SSSR count). The number of hydrogen-bond acceptors (Lipinski definition) is 7. The molecule has 0 aromatic heterocycles. The molecule has 0 radical (unpaired) electrons. The van der Waals surface area contributed by atoms with Crippen LogP contribution in [0.3, 0.4) is 0 Å². The zero-order valence-corrected chi connectivity index (χ0v) is 39.9. The Hall–Kier alpha value is -3.85. The topological polar surface area (TPSA) is 108 Å². The van der Waals surface area contributed by atoms with Crippen molar-refractivity contribution in [3.05, 3.63) is 134 Å². The van der Waals surface area contributed by atoms with Gasteiger partial charge in [-0.1, -0.05) is 154 Å². The standard InChI is InChI=1S/C52H82NO8P/c1-6-8-10-12-14-16-18-20-22-24-26-28-30-32-34-36-38-40-42-44-51(54)58-48-50(49-60-62(56,57)59-47-46-53(3,4)5)61-52(55)45-43-41-39-37-35-33-31-29-27-25-23-21-19-17-15-13-11-9-7-2/h8-11,14-17,20-23,26-29,32-35,39,41,50H,6-7,12-13,18-19,24-25,30-31,36-38,40,42-49H2,1-5H3/p+1/b10-8-,11-9-,16-14-,17-15-,22-20-,23-21-,28-26-,29-27-,34-32-,35-33-,41-39-. The summed E-state index contributed by atoms with van der Waals surface area (Å²) < 4.78 is 34.2. The second-order valence-electron chi connectivity index (χ2n) is 15.7. The minimum Gasteiger partial charge on any atom is -0.462 e. The molecule has 0 fully saturated rings. The second kappa shape index (κ2) is 42.5. The lowest BCUT2D eigenvalue weighted by Crippen LogP contribution is -2.37. The van der Waals surface area contributed by atoms with Gasteiger partial charge in [-0.25, -0.2) is 4.57 Å². The maximum atomic E-state index is 12.7. The molecular weight excluding hydrogens is 798 g/mol. The maximum Gasteiger partial charge on any atom is 0.472 e. The van der Waals surface area contributed by atoms with E-state index in [1.807, 2.05) is 33.3 Å². The first-order chi connectivity index (χ1) is 30.0. The summed E-state index contributed by atoms with van der Waals surface area (Å²) in [6.45, 7) is 4.03. The van der Waals surface area contributed by atoms with Crippen LogP contribution in [-0.4, -0.2) is 74.9 Å². The van der Waals surface area contributed by atoms with Crippen molar-refractivity contribution >= 4 is 19.8 Å². The lowest BCUT2D eigenvalue weighted by atomic mass is 10.1. The normalized spacial score (nSPS) is 14.7. The van der Waals surface area contributed by atoms with Crippen LogP contribution in [0.2, 0.25) is 0 Å². The maximum absolute atomic E-state index is 12.7. The molecule has 2 unspecified atom stereocenters. The van der Waals surface area contributed by atoms with E-state index in [9.17, 15) is 19.0 Å². The van der Waals surface area contributed by atoms with Crippen LogP contribution in [-0.2, 0) is 32.7 Å². The molecular formula is C52H83NO8P+. The molecule has 1 N–H and O–H groups in total. The molecule has 0 heterocycles. The molecule has 0 saturated carbocycles. The number of carbonyl (C=O) groups excluding carboxylic acids is 2. The first kappa shape index (κ1) is 58.1. The van der Waals surface area contributed by atoms with Crippen LogP contribution < -0.4 is 0 Å². The smallest absolute Gasteiger partial charge is 0.462 e. The van der Waals surface area contributed by atoms with Gasteiger partial charge in [-0.3, -0.25) is 18.6 Å². The Balaban J connectivity index is 4.56. The van der Waals surface area contributed by atoms with Gasteiger partial charge >= 0.3 is 19.8 Å². The molecule has 0 aliphatic heterocycles. The highest BCUT2D eigenvalue weighted by Crippen LogP contribution is 2.43. The average molecular weight is 881 g/mol. The van der Waals surface area contributed by atoms with Gasteiger partial charge in [0.1, 0.15) is 19.8 Å². The fourth-order valence-corrected chi connectivity index (χ4v) is 5.92. The van der Waals surface area contributed by atoms with Crippen molar-refractivity contribution in [3.63, 3.8) is 0 Å². The lowest BCUT2D eigenvalue weighted by Gasteiger charge is -2.24. The number of unbranched alkanes of at least 4 members (excludes halogenated alkanes) is 3. The van der Waals surface area contributed by atoms with Crippen LogP contribution in [0.5, 0.6) is 0 Å². The summed E-state index contributed by atoms with van der Waals surface area (Å²) in [5.41, 5.74) is 0. The Labute approximate surface area is 377 Å². The Bertz CT molecular complexity index is 1510. The Morgan fingerprint density at radius 1 is 0.500 bits per heavy atom. The van der Waals surface area contributed by atoms with E-state index in [4.69, 9.17) is 18.5 Å². The third-order valence-electron chi connectivity index (χ3n) is 8.69. The van der Waals surface area contributed by atoms with Crippen LogP contribution >= 0.6 is 7.82 Å². The van der Waals surface area contributed by atoms with Gasteiger partial charge in [0.05, 0.1) is 27.7 Å². The van der Waals surface area contributed by atoms with Crippen molar-refractivity contribution in [2.75, 3.05) is 47.5 Å². The van der Waals surface area contributed by atoms with Gasteiger partial charge in [0.25, 0.3) is 0 Å². The number of quaternary nitrogens is 1. The first-order valence-electron chi connectivity index (χ1n) is 22.9. The van der Waals surface area contributed by atoms with E-state index < -0.39 is 32.5 Å². The minimum atomic E-state index is -4.42. The molecule has 9 nitrogen and oxygen atoms in total. The predicted molar refractivity (Wildman–Crippen MR) is 260 cm³/mol. The lowest BCUT2D eigenvalue weighted by molar-refractivity contribution is -0.870. The van der Waals surface area contributed by atoms with Crippen LogP contribution in [0.4, 0.5) is 0 Å². The van der Waals surface area contributed by atoms with E-state index in [1.165, 1.54) is 0 Å². The molecule has 62 heavy (non-hydrogen) atoms. The summed E-state index contributed by atoms with van der Waals surface area (Å²) in [6, 6.07) is 0. The van der Waals surface area contributed by atoms with Crippen LogP contribution in [0.25, 0.3) is 0 Å². The van der Waals surface area contributed by atoms with Gasteiger partial charge in [0.2, 0.25) is 0 Å². The number of rotatable bonds is 39. The molecule has 348 valence electrons. The number of phosphoric ester groups is 1. The van der Waals surface area contributed by atoms with Crippen molar-refractivity contribution in [1.29, 1.82) is 0 Å². The Morgan fingerprint density at radius 2 is 0.903 bits per heavy atom. The fourth-order valence-electron chi connectivity index (χ4n) is 5.18. The molecule has 0 aromatic carbocycles. The zero-order valence-electron chi connectivity index (χ0n) is 39.0. The number of phosphoric acid groups is 1. The van der Waals surface area contributed by atoms with Crippen molar-refractivity contribution in [2.45, 2.75) is 136 Å². The number of allylic oxidation sites excluding steroid dienone is 22. The molecule has 0 aromatic rings. The third kappa shape index (κ3) is 45.7. The molecule has 0 aliphatic carbocycles. The van der Waals surface area contributed by atoms with Gasteiger partial charge in [-0.05, 0) is 96.3 Å². The number of ether oxygens (including phenoxy) is 2. The van der Waals surface area contributed by atoms with E-state index in [-0.39, 0.29) is 26.1 Å².